The summed E-state index contributed by atoms with van der Waals surface area (Å²) in [6.45, 7) is 7.25. The maximum atomic E-state index is 5.35. The maximum Gasteiger partial charge on any atom is 0.0981 e. The second-order valence-electron chi connectivity index (χ2n) is 7.80. The predicted octanol–water partition coefficient (Wildman–Crippen LogP) is 3.09. The zero-order chi connectivity index (χ0) is 18.9. The van der Waals surface area contributed by atoms with Gasteiger partial charge in [-0.05, 0) is 41.8 Å². The van der Waals surface area contributed by atoms with Crippen LogP contribution in [-0.4, -0.2) is 57.8 Å². The Morgan fingerprint density at radius 3 is 1.71 bits per heavy atom. The van der Waals surface area contributed by atoms with Gasteiger partial charge in [0.15, 0.2) is 0 Å². The number of hydrogen-bond donors (Lipinski definition) is 3. The number of aryl methyl sites for hydroxylation is 1. The van der Waals surface area contributed by atoms with E-state index in [4.69, 9.17) is 14.2 Å². The smallest absolute Gasteiger partial charge is 0.0981 e. The van der Waals surface area contributed by atoms with Crippen molar-refractivity contribution in [1.82, 2.24) is 0 Å². The molecule has 3 aliphatic rings. The third kappa shape index (κ3) is 4.58. The normalized spacial score (nSPS) is 24.5. The summed E-state index contributed by atoms with van der Waals surface area (Å²) in [6, 6.07) is 13.1. The first-order chi connectivity index (χ1) is 13.7. The van der Waals surface area contributed by atoms with Crippen LogP contribution in [-0.2, 0) is 14.2 Å². The molecule has 0 amide bonds. The molecule has 28 heavy (non-hydrogen) atoms. The number of nitrogens with one attached hydrogen (secondary N) is 3. The van der Waals surface area contributed by atoms with E-state index < -0.39 is 0 Å². The molecular formula is C22H27N3O3. The third-order valence-corrected chi connectivity index (χ3v) is 5.36. The van der Waals surface area contributed by atoms with Gasteiger partial charge in [0.25, 0.3) is 0 Å². The van der Waals surface area contributed by atoms with E-state index >= 15 is 0 Å². The van der Waals surface area contributed by atoms with Gasteiger partial charge in [-0.2, -0.15) is 0 Å². The predicted molar refractivity (Wildman–Crippen MR) is 111 cm³/mol. The van der Waals surface area contributed by atoms with Crippen molar-refractivity contribution in [3.63, 3.8) is 0 Å². The summed E-state index contributed by atoms with van der Waals surface area (Å²) in [5, 5.41) is 10.6. The zero-order valence-corrected chi connectivity index (χ0v) is 16.2. The summed E-state index contributed by atoms with van der Waals surface area (Å²) in [6.07, 6.45) is 1.05. The Hall–Kier alpha value is -2.28. The van der Waals surface area contributed by atoms with Crippen LogP contribution in [0.25, 0.3) is 11.1 Å². The van der Waals surface area contributed by atoms with Crippen LogP contribution in [0.4, 0.5) is 17.1 Å². The molecule has 5 rings (SSSR count). The zero-order valence-electron chi connectivity index (χ0n) is 16.2. The van der Waals surface area contributed by atoms with E-state index in [9.17, 15) is 0 Å². The molecule has 0 aromatic heterocycles. The average molecular weight is 381 g/mol. The van der Waals surface area contributed by atoms with E-state index in [0.717, 1.165) is 50.8 Å². The van der Waals surface area contributed by atoms with Crippen molar-refractivity contribution in [1.29, 1.82) is 0 Å². The van der Waals surface area contributed by atoms with Crippen LogP contribution in [0.5, 0.6) is 0 Å². The van der Waals surface area contributed by atoms with Gasteiger partial charge >= 0.3 is 0 Å². The molecule has 0 bridgehead atoms. The lowest BCUT2D eigenvalue weighted by molar-refractivity contribution is 0.416. The van der Waals surface area contributed by atoms with Crippen LogP contribution in [0.2, 0.25) is 0 Å². The van der Waals surface area contributed by atoms with Gasteiger partial charge in [-0.1, -0.05) is 18.2 Å². The van der Waals surface area contributed by atoms with Crippen molar-refractivity contribution in [2.24, 2.45) is 0 Å². The molecule has 0 saturated carbocycles. The largest absolute Gasteiger partial charge is 0.382 e. The lowest BCUT2D eigenvalue weighted by atomic mass is 10.0. The number of anilines is 3. The molecule has 0 radical (unpaired) electrons. The lowest BCUT2D eigenvalue weighted by Gasteiger charge is -2.16. The standard InChI is InChI=1S/C22H27N3O3/c1-14-2-3-15(6-21(14)24-9-18-12-27-18)16-4-5-20(23-8-17-11-26-17)22(7-16)25-10-19-13-28-19/h2-7,17-19,23-25H,8-13H2,1H3. The highest BCUT2D eigenvalue weighted by Gasteiger charge is 2.24. The highest BCUT2D eigenvalue weighted by molar-refractivity contribution is 5.79. The summed E-state index contributed by atoms with van der Waals surface area (Å²) in [5.74, 6) is 0. The van der Waals surface area contributed by atoms with E-state index in [-0.39, 0.29) is 0 Å². The highest BCUT2D eigenvalue weighted by atomic mass is 16.6. The maximum absolute atomic E-state index is 5.35. The second kappa shape index (κ2) is 7.62. The Kier molecular flexibility index (Phi) is 4.84. The van der Waals surface area contributed by atoms with E-state index in [0.29, 0.717) is 18.3 Å². The average Bonchev–Trinajstić information content (AvgIpc) is 3.56. The number of benzene rings is 2. The fourth-order valence-electron chi connectivity index (χ4n) is 3.25. The summed E-state index contributed by atoms with van der Waals surface area (Å²) < 4.78 is 16.0. The van der Waals surface area contributed by atoms with Gasteiger partial charge in [0.2, 0.25) is 0 Å². The first-order valence-corrected chi connectivity index (χ1v) is 10.1. The van der Waals surface area contributed by atoms with E-state index in [2.05, 4.69) is 59.3 Å². The SMILES string of the molecule is Cc1ccc(-c2ccc(NCC3CO3)c(NCC3CO3)c2)cc1NCC1CO1. The highest BCUT2D eigenvalue weighted by Crippen LogP contribution is 2.32. The first kappa shape index (κ1) is 17.8. The van der Waals surface area contributed by atoms with Gasteiger partial charge in [0.1, 0.15) is 0 Å². The molecule has 2 aromatic rings. The molecule has 3 fully saturated rings. The molecule has 3 saturated heterocycles. The number of ether oxygens (including phenoxy) is 3. The van der Waals surface area contributed by atoms with E-state index in [1.165, 1.54) is 22.4 Å². The van der Waals surface area contributed by atoms with Crippen molar-refractivity contribution < 1.29 is 14.2 Å². The Morgan fingerprint density at radius 2 is 1.14 bits per heavy atom. The molecular weight excluding hydrogens is 354 g/mol. The summed E-state index contributed by atoms with van der Waals surface area (Å²) in [5.41, 5.74) is 7.02. The molecule has 3 N–H and O–H groups in total. The Bertz CT molecular complexity index is 845. The molecule has 6 heteroatoms. The number of hydrogen-bond acceptors (Lipinski definition) is 6. The van der Waals surface area contributed by atoms with Crippen LogP contribution < -0.4 is 16.0 Å². The van der Waals surface area contributed by atoms with E-state index in [1.807, 2.05) is 0 Å². The van der Waals surface area contributed by atoms with Crippen LogP contribution >= 0.6 is 0 Å². The van der Waals surface area contributed by atoms with Gasteiger partial charge in [-0.25, -0.2) is 0 Å². The third-order valence-electron chi connectivity index (χ3n) is 5.36. The van der Waals surface area contributed by atoms with Crippen molar-refractivity contribution in [2.75, 3.05) is 55.4 Å². The molecule has 148 valence electrons. The topological polar surface area (TPSA) is 73.7 Å². The van der Waals surface area contributed by atoms with Gasteiger partial charge in [0.05, 0.1) is 49.5 Å². The van der Waals surface area contributed by atoms with E-state index in [1.54, 1.807) is 0 Å². The van der Waals surface area contributed by atoms with Gasteiger partial charge in [-0.15, -0.1) is 0 Å². The minimum atomic E-state index is 0.336. The van der Waals surface area contributed by atoms with Crippen LogP contribution in [0.3, 0.4) is 0 Å². The van der Waals surface area contributed by atoms with Crippen molar-refractivity contribution in [3.8, 4) is 11.1 Å². The molecule has 3 heterocycles. The minimum Gasteiger partial charge on any atom is -0.382 e. The van der Waals surface area contributed by atoms with Gasteiger partial charge in [-0.3, -0.25) is 0 Å². The molecule has 3 unspecified atom stereocenters. The van der Waals surface area contributed by atoms with Crippen molar-refractivity contribution in [3.05, 3.63) is 42.0 Å². The Morgan fingerprint density at radius 1 is 0.679 bits per heavy atom. The quantitative estimate of drug-likeness (QED) is 0.549. The Labute approximate surface area is 165 Å². The summed E-state index contributed by atoms with van der Waals surface area (Å²) in [7, 11) is 0. The molecule has 0 aliphatic carbocycles. The summed E-state index contributed by atoms with van der Waals surface area (Å²) in [4.78, 5) is 0. The first-order valence-electron chi connectivity index (χ1n) is 10.1. The molecule has 2 aromatic carbocycles. The fraction of sp³-hybridized carbons (Fsp3) is 0.455. The monoisotopic (exact) mass is 381 g/mol. The molecule has 3 atom stereocenters. The number of rotatable bonds is 10. The van der Waals surface area contributed by atoms with Crippen LogP contribution in [0, 0.1) is 6.92 Å². The lowest BCUT2D eigenvalue weighted by Crippen LogP contribution is -2.13. The van der Waals surface area contributed by atoms with Gasteiger partial charge < -0.3 is 30.2 Å². The minimum absolute atomic E-state index is 0.336. The molecule has 6 nitrogen and oxygen atoms in total. The Balaban J connectivity index is 1.36. The molecule has 0 spiro atoms. The summed E-state index contributed by atoms with van der Waals surface area (Å²) >= 11 is 0. The van der Waals surface area contributed by atoms with Gasteiger partial charge in [0, 0.05) is 25.3 Å². The number of epoxide rings is 3. The molecule has 3 aliphatic heterocycles. The second-order valence-corrected chi connectivity index (χ2v) is 7.80. The van der Waals surface area contributed by atoms with Crippen molar-refractivity contribution >= 4 is 17.1 Å². The fourth-order valence-corrected chi connectivity index (χ4v) is 3.25. The van der Waals surface area contributed by atoms with Crippen molar-refractivity contribution in [2.45, 2.75) is 25.2 Å². The van der Waals surface area contributed by atoms with Crippen LogP contribution in [0.15, 0.2) is 36.4 Å². The van der Waals surface area contributed by atoms with Crippen LogP contribution in [0.1, 0.15) is 5.56 Å².